The lowest BCUT2D eigenvalue weighted by Gasteiger charge is -2.13. The summed E-state index contributed by atoms with van der Waals surface area (Å²) in [5, 5.41) is 0. The van der Waals surface area contributed by atoms with Gasteiger partial charge in [0.1, 0.15) is 0 Å². The number of hydrogen-bond acceptors (Lipinski definition) is 2. The average Bonchev–Trinajstić information content (AvgIpc) is 2.37. The molecular weight excluding hydrogens is 326 g/mol. The van der Waals surface area contributed by atoms with Crippen LogP contribution >= 0.6 is 15.9 Å². The van der Waals surface area contributed by atoms with Gasteiger partial charge in [0.2, 0.25) is 0 Å². The van der Waals surface area contributed by atoms with Crippen molar-refractivity contribution in [3.63, 3.8) is 0 Å². The molecule has 0 aliphatic rings. The van der Waals surface area contributed by atoms with Gasteiger partial charge < -0.3 is 0 Å². The van der Waals surface area contributed by atoms with E-state index in [9.17, 15) is 4.79 Å². The van der Waals surface area contributed by atoms with Crippen molar-refractivity contribution in [2.75, 3.05) is 20.1 Å². The van der Waals surface area contributed by atoms with Crippen molar-refractivity contribution >= 4 is 21.7 Å². The first-order valence-corrected chi connectivity index (χ1v) is 7.72. The molecule has 1 aromatic rings. The van der Waals surface area contributed by atoms with E-state index in [1.54, 1.807) is 0 Å². The van der Waals surface area contributed by atoms with E-state index in [2.05, 4.69) is 48.5 Å². The molecule has 0 fully saturated rings. The molecule has 0 spiro atoms. The van der Waals surface area contributed by atoms with Gasteiger partial charge in [-0.3, -0.25) is 9.69 Å². The first-order valence-electron chi connectivity index (χ1n) is 6.93. The zero-order chi connectivity index (χ0) is 15.9. The van der Waals surface area contributed by atoms with E-state index < -0.39 is 0 Å². The Kier molecular flexibility index (Phi) is 6.87. The summed E-state index contributed by atoms with van der Waals surface area (Å²) in [5.41, 5.74) is 0.759. The molecule has 0 N–H and O–H groups in total. The van der Waals surface area contributed by atoms with E-state index in [1.807, 2.05) is 48.4 Å². The van der Waals surface area contributed by atoms with Gasteiger partial charge in [-0.1, -0.05) is 46.0 Å². The predicted molar refractivity (Wildman–Crippen MR) is 92.3 cm³/mol. The first kappa shape index (κ1) is 17.7. The Morgan fingerprint density at radius 1 is 1.29 bits per heavy atom. The average molecular weight is 348 g/mol. The molecule has 0 aliphatic carbocycles. The lowest BCUT2D eigenvalue weighted by molar-refractivity contribution is 0.0952. The molecule has 1 aromatic carbocycles. The van der Waals surface area contributed by atoms with Crippen LogP contribution in [-0.2, 0) is 0 Å². The van der Waals surface area contributed by atoms with E-state index >= 15 is 0 Å². The zero-order valence-corrected chi connectivity index (χ0v) is 14.7. The maximum atomic E-state index is 12.1. The minimum atomic E-state index is 0.0216. The van der Waals surface area contributed by atoms with Gasteiger partial charge in [0.05, 0.1) is 6.54 Å². The lowest BCUT2D eigenvalue weighted by atomic mass is 9.98. The van der Waals surface area contributed by atoms with Crippen LogP contribution in [0.1, 0.15) is 31.1 Å². The van der Waals surface area contributed by atoms with Gasteiger partial charge in [-0.2, -0.15) is 0 Å². The van der Waals surface area contributed by atoms with E-state index in [1.165, 1.54) is 0 Å². The number of nitrogens with zero attached hydrogens (tertiary/aromatic N) is 1. The SMILES string of the molecule is CN(CC=CC#CC(C)(C)C)CC(=O)c1ccc(Br)cc1. The number of allylic oxidation sites excluding steroid dienone is 1. The van der Waals surface area contributed by atoms with Crippen LogP contribution in [0, 0.1) is 17.3 Å². The number of rotatable bonds is 5. The van der Waals surface area contributed by atoms with Crippen molar-refractivity contribution in [3.8, 4) is 11.8 Å². The summed E-state index contributed by atoms with van der Waals surface area (Å²) in [6.45, 7) is 7.35. The highest BCUT2D eigenvalue weighted by molar-refractivity contribution is 9.10. The van der Waals surface area contributed by atoms with Crippen molar-refractivity contribution in [2.24, 2.45) is 5.41 Å². The summed E-state index contributed by atoms with van der Waals surface area (Å²) in [7, 11) is 1.93. The third-order valence-electron chi connectivity index (χ3n) is 2.65. The number of halogens is 1. The monoisotopic (exact) mass is 347 g/mol. The number of hydrogen-bond donors (Lipinski definition) is 0. The van der Waals surface area contributed by atoms with Crippen molar-refractivity contribution in [1.29, 1.82) is 0 Å². The van der Waals surface area contributed by atoms with Crippen LogP contribution < -0.4 is 0 Å². The fraction of sp³-hybridized carbons (Fsp3) is 0.389. The Balaban J connectivity index is 2.44. The molecule has 0 amide bonds. The van der Waals surface area contributed by atoms with Crippen molar-refractivity contribution in [3.05, 3.63) is 46.5 Å². The normalized spacial score (nSPS) is 11.5. The molecule has 0 atom stereocenters. The van der Waals surface area contributed by atoms with E-state index in [-0.39, 0.29) is 11.2 Å². The topological polar surface area (TPSA) is 20.3 Å². The van der Waals surface area contributed by atoms with Gasteiger partial charge in [-0.05, 0) is 46.0 Å². The predicted octanol–water partition coefficient (Wildman–Crippen LogP) is 4.17. The fourth-order valence-corrected chi connectivity index (χ4v) is 1.85. The molecule has 0 aromatic heterocycles. The molecule has 1 rings (SSSR count). The quantitative estimate of drug-likeness (QED) is 0.588. The van der Waals surface area contributed by atoms with Crippen LogP contribution in [-0.4, -0.2) is 30.8 Å². The van der Waals surface area contributed by atoms with Crippen LogP contribution in [0.3, 0.4) is 0 Å². The summed E-state index contributed by atoms with van der Waals surface area (Å²) in [5.74, 6) is 6.29. The number of ketones is 1. The summed E-state index contributed by atoms with van der Waals surface area (Å²) in [6, 6.07) is 7.44. The molecule has 0 heterocycles. The molecule has 0 bridgehead atoms. The number of likely N-dealkylation sites (N-methyl/N-ethyl adjacent to an activating group) is 1. The van der Waals surface area contributed by atoms with Gasteiger partial charge in [0, 0.05) is 22.0 Å². The number of carbonyl (C=O) groups excluding carboxylic acids is 1. The molecule has 2 nitrogen and oxygen atoms in total. The molecule has 0 saturated heterocycles. The summed E-state index contributed by atoms with van der Waals surface area (Å²) in [6.07, 6.45) is 3.83. The molecule has 0 saturated carbocycles. The Morgan fingerprint density at radius 2 is 1.90 bits per heavy atom. The van der Waals surface area contributed by atoms with Crippen LogP contribution in [0.4, 0.5) is 0 Å². The maximum absolute atomic E-state index is 12.1. The molecule has 0 aliphatic heterocycles. The molecule has 0 unspecified atom stereocenters. The molecule has 112 valence electrons. The summed E-state index contributed by atoms with van der Waals surface area (Å²) < 4.78 is 0.979. The summed E-state index contributed by atoms with van der Waals surface area (Å²) >= 11 is 3.36. The van der Waals surface area contributed by atoms with E-state index in [0.29, 0.717) is 13.1 Å². The maximum Gasteiger partial charge on any atom is 0.176 e. The van der Waals surface area contributed by atoms with Crippen LogP contribution in [0.2, 0.25) is 0 Å². The molecular formula is C18H22BrNO. The van der Waals surface area contributed by atoms with Crippen LogP contribution in [0.5, 0.6) is 0 Å². The third-order valence-corrected chi connectivity index (χ3v) is 3.17. The lowest BCUT2D eigenvalue weighted by Crippen LogP contribution is -2.26. The second-order valence-electron chi connectivity index (χ2n) is 6.05. The minimum Gasteiger partial charge on any atom is -0.295 e. The molecule has 21 heavy (non-hydrogen) atoms. The van der Waals surface area contributed by atoms with Gasteiger partial charge in [-0.25, -0.2) is 0 Å². The summed E-state index contributed by atoms with van der Waals surface area (Å²) in [4.78, 5) is 14.0. The highest BCUT2D eigenvalue weighted by Gasteiger charge is 2.08. The second kappa shape index (κ2) is 8.17. The van der Waals surface area contributed by atoms with Gasteiger partial charge in [0.25, 0.3) is 0 Å². The zero-order valence-electron chi connectivity index (χ0n) is 13.1. The Bertz CT molecular complexity index is 556. The number of benzene rings is 1. The smallest absolute Gasteiger partial charge is 0.176 e. The Labute approximate surface area is 136 Å². The highest BCUT2D eigenvalue weighted by atomic mass is 79.9. The van der Waals surface area contributed by atoms with Crippen molar-refractivity contribution < 1.29 is 4.79 Å². The first-order chi connectivity index (χ1) is 9.78. The van der Waals surface area contributed by atoms with E-state index in [4.69, 9.17) is 0 Å². The van der Waals surface area contributed by atoms with Crippen LogP contribution in [0.15, 0.2) is 40.9 Å². The van der Waals surface area contributed by atoms with Gasteiger partial charge >= 0.3 is 0 Å². The van der Waals surface area contributed by atoms with E-state index in [0.717, 1.165) is 10.0 Å². The molecule has 3 heteroatoms. The third kappa shape index (κ3) is 7.84. The number of carbonyl (C=O) groups is 1. The standard InChI is InChI=1S/C18H22BrNO/c1-18(2,3)12-6-5-7-13-20(4)14-17(21)15-8-10-16(19)11-9-15/h5,7-11H,13-14H2,1-4H3. The Hall–Kier alpha value is -1.37. The minimum absolute atomic E-state index is 0.0216. The molecule has 0 radical (unpaired) electrons. The fourth-order valence-electron chi connectivity index (χ4n) is 1.59. The number of Topliss-reactive ketones (excluding diaryl/α,β-unsaturated/α-hetero) is 1. The van der Waals surface area contributed by atoms with Gasteiger partial charge in [-0.15, -0.1) is 0 Å². The van der Waals surface area contributed by atoms with Crippen molar-refractivity contribution in [2.45, 2.75) is 20.8 Å². The largest absolute Gasteiger partial charge is 0.295 e. The Morgan fingerprint density at radius 3 is 2.48 bits per heavy atom. The van der Waals surface area contributed by atoms with Gasteiger partial charge in [0.15, 0.2) is 5.78 Å². The van der Waals surface area contributed by atoms with Crippen LogP contribution in [0.25, 0.3) is 0 Å². The van der Waals surface area contributed by atoms with Crippen molar-refractivity contribution in [1.82, 2.24) is 4.90 Å². The highest BCUT2D eigenvalue weighted by Crippen LogP contribution is 2.11. The second-order valence-corrected chi connectivity index (χ2v) is 6.96.